The Bertz CT molecular complexity index is 789. The Labute approximate surface area is 145 Å². The van der Waals surface area contributed by atoms with Crippen LogP contribution in [0.5, 0.6) is 0 Å². The molecule has 0 unspecified atom stereocenters. The molecule has 7 nitrogen and oxygen atoms in total. The van der Waals surface area contributed by atoms with Gasteiger partial charge in [0.1, 0.15) is 6.54 Å². The summed E-state index contributed by atoms with van der Waals surface area (Å²) in [7, 11) is 0. The van der Waals surface area contributed by atoms with E-state index in [1.54, 1.807) is 44.2 Å². The first-order valence-electron chi connectivity index (χ1n) is 7.71. The summed E-state index contributed by atoms with van der Waals surface area (Å²) in [6.07, 6.45) is 0. The smallest absolute Gasteiger partial charge is 0.326 e. The molecule has 7 heteroatoms. The van der Waals surface area contributed by atoms with Crippen LogP contribution in [0, 0.1) is 17.0 Å². The van der Waals surface area contributed by atoms with Crippen molar-refractivity contribution in [2.75, 3.05) is 18.1 Å². The van der Waals surface area contributed by atoms with Gasteiger partial charge in [-0.05, 0) is 37.6 Å². The fraction of sp³-hybridized carbons (Fsp3) is 0.222. The van der Waals surface area contributed by atoms with Crippen LogP contribution >= 0.6 is 0 Å². The Hall–Kier alpha value is -3.22. The van der Waals surface area contributed by atoms with E-state index >= 15 is 0 Å². The SMILES string of the molecule is CCOC(=O)CN(C(=O)c1ccccc1)c1ccc([N+](=O)[O-])cc1C. The molecule has 0 aliphatic carbocycles. The maximum atomic E-state index is 12.8. The first kappa shape index (κ1) is 18.1. The number of carbonyl (C=O) groups excluding carboxylic acids is 2. The number of anilines is 1. The van der Waals surface area contributed by atoms with Crippen LogP contribution in [-0.4, -0.2) is 30.0 Å². The van der Waals surface area contributed by atoms with Gasteiger partial charge in [-0.2, -0.15) is 0 Å². The topological polar surface area (TPSA) is 89.8 Å². The van der Waals surface area contributed by atoms with Crippen molar-refractivity contribution in [3.05, 3.63) is 69.8 Å². The molecule has 130 valence electrons. The van der Waals surface area contributed by atoms with Gasteiger partial charge in [-0.15, -0.1) is 0 Å². The molecule has 1 amide bonds. The van der Waals surface area contributed by atoms with Crippen molar-refractivity contribution in [2.45, 2.75) is 13.8 Å². The lowest BCUT2D eigenvalue weighted by atomic mass is 10.1. The summed E-state index contributed by atoms with van der Waals surface area (Å²) in [5.74, 6) is -0.935. The van der Waals surface area contributed by atoms with Gasteiger partial charge in [0.25, 0.3) is 11.6 Å². The number of nitrogens with zero attached hydrogens (tertiary/aromatic N) is 2. The molecule has 0 spiro atoms. The highest BCUT2D eigenvalue weighted by Crippen LogP contribution is 2.26. The zero-order valence-electron chi connectivity index (χ0n) is 14.0. The van der Waals surface area contributed by atoms with Crippen molar-refractivity contribution >= 4 is 23.3 Å². The third-order valence-electron chi connectivity index (χ3n) is 3.54. The van der Waals surface area contributed by atoms with Crippen molar-refractivity contribution in [1.29, 1.82) is 0 Å². The zero-order valence-corrected chi connectivity index (χ0v) is 14.0. The Balaban J connectivity index is 2.42. The summed E-state index contributed by atoms with van der Waals surface area (Å²) in [6, 6.07) is 12.6. The number of rotatable bonds is 6. The van der Waals surface area contributed by atoms with Crippen molar-refractivity contribution in [3.8, 4) is 0 Å². The molecule has 2 rings (SSSR count). The van der Waals surface area contributed by atoms with Gasteiger partial charge in [-0.25, -0.2) is 0 Å². The third-order valence-corrected chi connectivity index (χ3v) is 3.54. The van der Waals surface area contributed by atoms with Gasteiger partial charge in [0, 0.05) is 23.4 Å². The number of benzene rings is 2. The van der Waals surface area contributed by atoms with Gasteiger partial charge in [-0.1, -0.05) is 18.2 Å². The van der Waals surface area contributed by atoms with Crippen molar-refractivity contribution in [3.63, 3.8) is 0 Å². The molecule has 0 heterocycles. The molecule has 0 aromatic heterocycles. The Morgan fingerprint density at radius 1 is 1.16 bits per heavy atom. The number of nitro benzene ring substituents is 1. The highest BCUT2D eigenvalue weighted by atomic mass is 16.6. The normalized spacial score (nSPS) is 10.2. The average molecular weight is 342 g/mol. The fourth-order valence-electron chi connectivity index (χ4n) is 2.39. The molecule has 0 atom stereocenters. The first-order valence-corrected chi connectivity index (χ1v) is 7.71. The average Bonchev–Trinajstić information content (AvgIpc) is 2.60. The van der Waals surface area contributed by atoms with Crippen molar-refractivity contribution < 1.29 is 19.2 Å². The molecule has 25 heavy (non-hydrogen) atoms. The van der Waals surface area contributed by atoms with Gasteiger partial charge in [0.05, 0.1) is 11.5 Å². The second-order valence-corrected chi connectivity index (χ2v) is 5.29. The van der Waals surface area contributed by atoms with E-state index in [4.69, 9.17) is 4.74 Å². The summed E-state index contributed by atoms with van der Waals surface area (Å²) in [6.45, 7) is 3.25. The summed E-state index contributed by atoms with van der Waals surface area (Å²) >= 11 is 0. The Morgan fingerprint density at radius 3 is 2.40 bits per heavy atom. The van der Waals surface area contributed by atoms with E-state index in [9.17, 15) is 19.7 Å². The van der Waals surface area contributed by atoms with Crippen molar-refractivity contribution in [1.82, 2.24) is 0 Å². The minimum atomic E-state index is -0.551. The molecule has 0 bridgehead atoms. The molecule has 2 aromatic rings. The number of ether oxygens (including phenoxy) is 1. The number of hydrogen-bond acceptors (Lipinski definition) is 5. The highest BCUT2D eigenvalue weighted by molar-refractivity contribution is 6.08. The molecule has 0 saturated carbocycles. The number of nitro groups is 1. The molecule has 0 aliphatic rings. The molecule has 0 N–H and O–H groups in total. The molecule has 0 fully saturated rings. The first-order chi connectivity index (χ1) is 11.9. The number of amides is 1. The quantitative estimate of drug-likeness (QED) is 0.457. The van der Waals surface area contributed by atoms with Crippen LogP contribution in [0.1, 0.15) is 22.8 Å². The highest BCUT2D eigenvalue weighted by Gasteiger charge is 2.23. The number of non-ortho nitro benzene ring substituents is 1. The molecular weight excluding hydrogens is 324 g/mol. The minimum absolute atomic E-state index is 0.0792. The Morgan fingerprint density at radius 2 is 1.84 bits per heavy atom. The minimum Gasteiger partial charge on any atom is -0.465 e. The fourth-order valence-corrected chi connectivity index (χ4v) is 2.39. The molecular formula is C18H18N2O5. The van der Waals surface area contributed by atoms with Gasteiger partial charge < -0.3 is 4.74 Å². The zero-order chi connectivity index (χ0) is 18.4. The standard InChI is InChI=1S/C18H18N2O5/c1-3-25-17(21)12-19(18(22)14-7-5-4-6-8-14)16-10-9-15(20(23)24)11-13(16)2/h4-11H,3,12H2,1-2H3. The van der Waals surface area contributed by atoms with E-state index in [2.05, 4.69) is 0 Å². The van der Waals surface area contributed by atoms with Crippen LogP contribution in [0.15, 0.2) is 48.5 Å². The second-order valence-electron chi connectivity index (χ2n) is 5.29. The van der Waals surface area contributed by atoms with E-state index in [0.717, 1.165) is 0 Å². The predicted octanol–water partition coefficient (Wildman–Crippen LogP) is 3.11. The summed E-state index contributed by atoms with van der Waals surface area (Å²) in [5.41, 5.74) is 1.27. The second kappa shape index (κ2) is 8.05. The maximum Gasteiger partial charge on any atom is 0.326 e. The van der Waals surface area contributed by atoms with E-state index in [-0.39, 0.29) is 24.7 Å². The summed E-state index contributed by atoms with van der Waals surface area (Å²) in [5, 5.41) is 10.9. The summed E-state index contributed by atoms with van der Waals surface area (Å²) in [4.78, 5) is 36.4. The van der Waals surface area contributed by atoms with E-state index in [0.29, 0.717) is 16.8 Å². The number of carbonyl (C=O) groups is 2. The van der Waals surface area contributed by atoms with Crippen LogP contribution in [0.3, 0.4) is 0 Å². The maximum absolute atomic E-state index is 12.8. The van der Waals surface area contributed by atoms with Crippen LogP contribution in [0.4, 0.5) is 11.4 Å². The monoisotopic (exact) mass is 342 g/mol. The molecule has 0 radical (unpaired) electrons. The summed E-state index contributed by atoms with van der Waals surface area (Å²) < 4.78 is 4.94. The van der Waals surface area contributed by atoms with Crippen LogP contribution in [0.2, 0.25) is 0 Å². The van der Waals surface area contributed by atoms with Crippen LogP contribution in [0.25, 0.3) is 0 Å². The predicted molar refractivity (Wildman–Crippen MR) is 92.6 cm³/mol. The molecule has 2 aromatic carbocycles. The molecule has 0 aliphatic heterocycles. The number of hydrogen-bond donors (Lipinski definition) is 0. The van der Waals surface area contributed by atoms with E-state index in [1.165, 1.54) is 23.1 Å². The lowest BCUT2D eigenvalue weighted by molar-refractivity contribution is -0.384. The third kappa shape index (κ3) is 4.41. The lowest BCUT2D eigenvalue weighted by Crippen LogP contribution is -2.37. The number of esters is 1. The Kier molecular flexibility index (Phi) is 5.84. The van der Waals surface area contributed by atoms with Gasteiger partial charge in [0.2, 0.25) is 0 Å². The van der Waals surface area contributed by atoms with Crippen LogP contribution in [-0.2, 0) is 9.53 Å². The van der Waals surface area contributed by atoms with Crippen LogP contribution < -0.4 is 4.90 Å². The largest absolute Gasteiger partial charge is 0.465 e. The lowest BCUT2D eigenvalue weighted by Gasteiger charge is -2.23. The number of aryl methyl sites for hydroxylation is 1. The van der Waals surface area contributed by atoms with Crippen molar-refractivity contribution in [2.24, 2.45) is 0 Å². The van der Waals surface area contributed by atoms with Gasteiger partial charge in [-0.3, -0.25) is 24.6 Å². The molecule has 0 saturated heterocycles. The van der Waals surface area contributed by atoms with Gasteiger partial charge >= 0.3 is 5.97 Å². The van der Waals surface area contributed by atoms with E-state index < -0.39 is 10.9 Å². The van der Waals surface area contributed by atoms with Gasteiger partial charge in [0.15, 0.2) is 0 Å². The van der Waals surface area contributed by atoms with E-state index in [1.807, 2.05) is 0 Å².